The van der Waals surface area contributed by atoms with Crippen LogP contribution in [0.2, 0.25) is 0 Å². The fourth-order valence-electron chi connectivity index (χ4n) is 3.68. The maximum Gasteiger partial charge on any atom is 0.325 e. The van der Waals surface area contributed by atoms with E-state index in [4.69, 9.17) is 4.98 Å². The van der Waals surface area contributed by atoms with E-state index in [1.54, 1.807) is 6.20 Å². The Morgan fingerprint density at radius 1 is 1.22 bits per heavy atom. The van der Waals surface area contributed by atoms with Gasteiger partial charge in [-0.25, -0.2) is 19.6 Å². The highest BCUT2D eigenvalue weighted by atomic mass is 16.4. The number of hydrogen-bond donors (Lipinski definition) is 1. The van der Waals surface area contributed by atoms with Gasteiger partial charge in [-0.05, 0) is 58.7 Å². The van der Waals surface area contributed by atoms with Crippen molar-refractivity contribution in [3.63, 3.8) is 0 Å². The molecule has 0 aromatic carbocycles. The summed E-state index contributed by atoms with van der Waals surface area (Å²) >= 11 is 0. The topological polar surface area (TPSA) is 97.0 Å². The van der Waals surface area contributed by atoms with E-state index in [1.165, 1.54) is 4.68 Å². The molecule has 0 atom stereocenters. The number of nitrogens with zero attached hydrogens (tertiary/aromatic N) is 6. The Balaban J connectivity index is 1.60. The number of carbonyl (C=O) groups is 1. The molecule has 0 radical (unpaired) electrons. The van der Waals surface area contributed by atoms with E-state index in [2.05, 4.69) is 27.0 Å². The first kappa shape index (κ1) is 18.0. The highest BCUT2D eigenvalue weighted by Gasteiger charge is 2.28. The normalized spacial score (nSPS) is 18.7. The van der Waals surface area contributed by atoms with Gasteiger partial charge in [-0.3, -0.25) is 4.79 Å². The minimum absolute atomic E-state index is 0.209. The van der Waals surface area contributed by atoms with Crippen LogP contribution in [0, 0.1) is 12.8 Å². The van der Waals surface area contributed by atoms with Crippen LogP contribution in [0.3, 0.4) is 0 Å². The van der Waals surface area contributed by atoms with E-state index >= 15 is 0 Å². The van der Waals surface area contributed by atoms with Gasteiger partial charge in [0, 0.05) is 18.5 Å². The van der Waals surface area contributed by atoms with Gasteiger partial charge in [0.1, 0.15) is 12.4 Å². The molecule has 0 bridgehead atoms. The van der Waals surface area contributed by atoms with Crippen LogP contribution in [-0.2, 0) is 17.8 Å². The van der Waals surface area contributed by atoms with Crippen molar-refractivity contribution in [2.45, 2.75) is 51.5 Å². The number of aliphatic carboxylic acids is 1. The molecule has 3 heterocycles. The van der Waals surface area contributed by atoms with Gasteiger partial charge in [0.25, 0.3) is 0 Å². The van der Waals surface area contributed by atoms with Gasteiger partial charge in [0.05, 0.1) is 11.3 Å². The van der Waals surface area contributed by atoms with E-state index < -0.39 is 5.97 Å². The van der Waals surface area contributed by atoms with Crippen molar-refractivity contribution in [1.29, 1.82) is 0 Å². The summed E-state index contributed by atoms with van der Waals surface area (Å²) in [5.41, 5.74) is 1.60. The van der Waals surface area contributed by atoms with Crippen molar-refractivity contribution < 1.29 is 9.90 Å². The van der Waals surface area contributed by atoms with Gasteiger partial charge in [-0.15, -0.1) is 0 Å². The van der Waals surface area contributed by atoms with E-state index in [-0.39, 0.29) is 6.54 Å². The monoisotopic (exact) mass is 370 g/mol. The first-order valence-electron chi connectivity index (χ1n) is 9.67. The summed E-state index contributed by atoms with van der Waals surface area (Å²) in [6.45, 7) is 3.89. The Labute approximate surface area is 158 Å². The molecule has 2 aliphatic rings. The van der Waals surface area contributed by atoms with Crippen LogP contribution in [0.1, 0.15) is 48.9 Å². The zero-order chi connectivity index (χ0) is 19.0. The van der Waals surface area contributed by atoms with Crippen molar-refractivity contribution in [3.05, 3.63) is 23.5 Å². The smallest absolute Gasteiger partial charge is 0.325 e. The van der Waals surface area contributed by atoms with E-state index in [1.807, 2.05) is 6.92 Å². The van der Waals surface area contributed by atoms with E-state index in [0.29, 0.717) is 23.5 Å². The first-order valence-corrected chi connectivity index (χ1v) is 9.67. The molecule has 2 aromatic rings. The summed E-state index contributed by atoms with van der Waals surface area (Å²) in [6, 6.07) is 0. The van der Waals surface area contributed by atoms with Crippen molar-refractivity contribution >= 4 is 5.97 Å². The van der Waals surface area contributed by atoms with Crippen LogP contribution >= 0.6 is 0 Å². The third-order valence-corrected chi connectivity index (χ3v) is 5.49. The zero-order valence-corrected chi connectivity index (χ0v) is 15.9. The SMILES string of the molecule is Cc1nc(C2CC2)ncc1-c1nc(CC2CCN(C)CC2)nn1CC(=O)O. The molecule has 27 heavy (non-hydrogen) atoms. The van der Waals surface area contributed by atoms with Gasteiger partial charge in [0.15, 0.2) is 11.6 Å². The molecule has 1 N–H and O–H groups in total. The number of aromatic nitrogens is 5. The molecule has 1 saturated carbocycles. The van der Waals surface area contributed by atoms with Crippen molar-refractivity contribution in [2.75, 3.05) is 20.1 Å². The van der Waals surface area contributed by atoms with E-state index in [0.717, 1.165) is 62.3 Å². The highest BCUT2D eigenvalue weighted by molar-refractivity contribution is 5.68. The summed E-state index contributed by atoms with van der Waals surface area (Å²) in [5.74, 6) is 2.25. The fourth-order valence-corrected chi connectivity index (χ4v) is 3.68. The minimum atomic E-state index is -0.930. The van der Waals surface area contributed by atoms with Crippen LogP contribution in [0.15, 0.2) is 6.20 Å². The summed E-state index contributed by atoms with van der Waals surface area (Å²) in [4.78, 5) is 27.4. The maximum absolute atomic E-state index is 11.3. The van der Waals surface area contributed by atoms with Gasteiger partial charge in [-0.1, -0.05) is 0 Å². The molecular weight excluding hydrogens is 344 g/mol. The number of carboxylic acid groups (broad SMARTS) is 1. The second-order valence-electron chi connectivity index (χ2n) is 7.86. The molecule has 2 fully saturated rings. The second kappa shape index (κ2) is 7.34. The average molecular weight is 370 g/mol. The lowest BCUT2D eigenvalue weighted by atomic mass is 9.94. The summed E-state index contributed by atoms with van der Waals surface area (Å²) in [6.07, 6.45) is 7.10. The molecule has 8 heteroatoms. The van der Waals surface area contributed by atoms with Crippen LogP contribution in [-0.4, -0.2) is 60.8 Å². The molecule has 1 aliphatic carbocycles. The lowest BCUT2D eigenvalue weighted by Gasteiger charge is -2.28. The molecule has 8 nitrogen and oxygen atoms in total. The third kappa shape index (κ3) is 4.16. The molecule has 1 aliphatic heterocycles. The predicted molar refractivity (Wildman–Crippen MR) is 99.3 cm³/mol. The molecule has 0 spiro atoms. The Morgan fingerprint density at radius 3 is 2.59 bits per heavy atom. The number of aryl methyl sites for hydroxylation is 1. The molecule has 0 unspecified atom stereocenters. The summed E-state index contributed by atoms with van der Waals surface area (Å²) in [5, 5.41) is 13.8. The van der Waals surface area contributed by atoms with Gasteiger partial charge in [-0.2, -0.15) is 5.10 Å². The fraction of sp³-hybridized carbons (Fsp3) is 0.632. The molecule has 1 saturated heterocycles. The van der Waals surface area contributed by atoms with Crippen LogP contribution in [0.25, 0.3) is 11.4 Å². The third-order valence-electron chi connectivity index (χ3n) is 5.49. The molecule has 0 amide bonds. The highest BCUT2D eigenvalue weighted by Crippen LogP contribution is 2.38. The Hall–Kier alpha value is -2.35. The Bertz CT molecular complexity index is 837. The number of likely N-dealkylation sites (tertiary alicyclic amines) is 1. The second-order valence-corrected chi connectivity index (χ2v) is 7.86. The molecule has 4 rings (SSSR count). The predicted octanol–water partition coefficient (Wildman–Crippen LogP) is 1.89. The van der Waals surface area contributed by atoms with Gasteiger partial charge < -0.3 is 10.0 Å². The van der Waals surface area contributed by atoms with Crippen molar-refractivity contribution in [3.8, 4) is 11.4 Å². The van der Waals surface area contributed by atoms with Crippen molar-refractivity contribution in [2.24, 2.45) is 5.92 Å². The zero-order valence-electron chi connectivity index (χ0n) is 15.9. The molecule has 144 valence electrons. The van der Waals surface area contributed by atoms with Gasteiger partial charge >= 0.3 is 5.97 Å². The van der Waals surface area contributed by atoms with Crippen LogP contribution in [0.5, 0.6) is 0 Å². The number of piperidine rings is 1. The Kier molecular flexibility index (Phi) is 4.90. The summed E-state index contributed by atoms with van der Waals surface area (Å²) in [7, 11) is 2.14. The average Bonchev–Trinajstić information content (AvgIpc) is 3.40. The van der Waals surface area contributed by atoms with Gasteiger partial charge in [0.2, 0.25) is 0 Å². The number of rotatable bonds is 6. The number of carboxylic acids is 1. The molecular formula is C19H26N6O2. The first-order chi connectivity index (χ1) is 13.0. The summed E-state index contributed by atoms with van der Waals surface area (Å²) < 4.78 is 1.48. The largest absolute Gasteiger partial charge is 0.480 e. The van der Waals surface area contributed by atoms with E-state index in [9.17, 15) is 9.90 Å². The maximum atomic E-state index is 11.3. The van der Waals surface area contributed by atoms with Crippen LogP contribution in [0.4, 0.5) is 0 Å². The number of hydrogen-bond acceptors (Lipinski definition) is 6. The lowest BCUT2D eigenvalue weighted by Crippen LogP contribution is -2.31. The minimum Gasteiger partial charge on any atom is -0.480 e. The lowest BCUT2D eigenvalue weighted by molar-refractivity contribution is -0.137. The molecule has 2 aromatic heterocycles. The van der Waals surface area contributed by atoms with Crippen LogP contribution < -0.4 is 0 Å². The Morgan fingerprint density at radius 2 is 1.96 bits per heavy atom. The standard InChI is InChI=1S/C19H26N6O2/c1-12-15(10-20-18(21-12)14-3-4-14)19-22-16(23-25(19)11-17(26)27)9-13-5-7-24(2)8-6-13/h10,13-14H,3-9,11H2,1-2H3,(H,26,27). The quantitative estimate of drug-likeness (QED) is 0.829. The van der Waals surface area contributed by atoms with Crippen molar-refractivity contribution in [1.82, 2.24) is 29.6 Å².